The number of nitrogens with zero attached hydrogens (tertiary/aromatic N) is 2. The van der Waals surface area contributed by atoms with Crippen molar-refractivity contribution in [2.75, 3.05) is 0 Å². The van der Waals surface area contributed by atoms with E-state index >= 15 is 0 Å². The summed E-state index contributed by atoms with van der Waals surface area (Å²) in [6.07, 6.45) is 2.76. The average Bonchev–Trinajstić information content (AvgIpc) is 2.99. The van der Waals surface area contributed by atoms with Crippen molar-refractivity contribution in [3.05, 3.63) is 52.6 Å². The molecule has 2 heterocycles. The third-order valence-corrected chi connectivity index (χ3v) is 4.73. The number of rotatable bonds is 4. The van der Waals surface area contributed by atoms with Gasteiger partial charge in [0.05, 0.1) is 5.69 Å². The molecule has 1 aliphatic rings. The molecule has 6 nitrogen and oxygen atoms in total. The molecular weight excluding hydrogens is 340 g/mol. The third-order valence-electron chi connectivity index (χ3n) is 4.73. The maximum absolute atomic E-state index is 12.8. The summed E-state index contributed by atoms with van der Waals surface area (Å²) < 4.78 is 1.91. The Morgan fingerprint density at radius 1 is 1.15 bits per heavy atom. The molecule has 0 radical (unpaired) electrons. The van der Waals surface area contributed by atoms with Gasteiger partial charge in [-0.05, 0) is 58.1 Å². The van der Waals surface area contributed by atoms with Crippen molar-refractivity contribution in [1.82, 2.24) is 20.2 Å². The van der Waals surface area contributed by atoms with Gasteiger partial charge >= 0.3 is 0 Å². The van der Waals surface area contributed by atoms with Gasteiger partial charge in [0.15, 0.2) is 5.82 Å². The minimum absolute atomic E-state index is 0.223. The molecule has 1 aromatic carbocycles. The highest BCUT2D eigenvalue weighted by Gasteiger charge is 2.28. The van der Waals surface area contributed by atoms with Crippen molar-refractivity contribution in [1.29, 1.82) is 0 Å². The first-order valence-electron chi connectivity index (χ1n) is 9.51. The number of carbonyl (C=O) groups is 2. The quantitative estimate of drug-likeness (QED) is 0.871. The molecular formula is C21H28N4O2. The number of hydrogen-bond acceptors (Lipinski definition) is 3. The molecule has 2 amide bonds. The molecule has 144 valence electrons. The van der Waals surface area contributed by atoms with Crippen molar-refractivity contribution in [2.24, 2.45) is 0 Å². The minimum atomic E-state index is -0.356. The summed E-state index contributed by atoms with van der Waals surface area (Å²) >= 11 is 0. The lowest BCUT2D eigenvalue weighted by Crippen LogP contribution is -2.42. The Hall–Kier alpha value is -2.63. The molecule has 0 saturated heterocycles. The fourth-order valence-corrected chi connectivity index (χ4v) is 3.36. The van der Waals surface area contributed by atoms with Gasteiger partial charge < -0.3 is 15.2 Å². The zero-order valence-corrected chi connectivity index (χ0v) is 16.6. The van der Waals surface area contributed by atoms with E-state index in [4.69, 9.17) is 0 Å². The van der Waals surface area contributed by atoms with Crippen LogP contribution in [0.2, 0.25) is 0 Å². The number of aryl methyl sites for hydroxylation is 1. The lowest BCUT2D eigenvalue weighted by atomic mass is 10.1. The normalized spacial score (nSPS) is 13.8. The van der Waals surface area contributed by atoms with Crippen LogP contribution in [-0.4, -0.2) is 26.9 Å². The molecule has 3 rings (SSSR count). The SMILES string of the molecule is Cc1ccccc1CNC(=O)c1nc(C(=O)NC(C)(C)C)n2c1CCCC2. The fraction of sp³-hybridized carbons (Fsp3) is 0.476. The van der Waals surface area contributed by atoms with Gasteiger partial charge in [0.25, 0.3) is 11.8 Å². The van der Waals surface area contributed by atoms with E-state index in [-0.39, 0.29) is 17.4 Å². The van der Waals surface area contributed by atoms with Crippen LogP contribution in [0.5, 0.6) is 0 Å². The van der Waals surface area contributed by atoms with Crippen molar-refractivity contribution in [3.63, 3.8) is 0 Å². The molecule has 6 heteroatoms. The summed E-state index contributed by atoms with van der Waals surface area (Å²) in [5.74, 6) is -0.122. The van der Waals surface area contributed by atoms with Crippen LogP contribution in [-0.2, 0) is 19.5 Å². The first kappa shape index (κ1) is 19.1. The average molecular weight is 368 g/mol. The molecule has 0 bridgehead atoms. The summed E-state index contributed by atoms with van der Waals surface area (Å²) in [4.78, 5) is 29.9. The fourth-order valence-electron chi connectivity index (χ4n) is 3.36. The number of nitrogens with one attached hydrogen (secondary N) is 2. The van der Waals surface area contributed by atoms with Crippen LogP contribution >= 0.6 is 0 Å². The van der Waals surface area contributed by atoms with E-state index in [0.717, 1.165) is 42.6 Å². The summed E-state index contributed by atoms with van der Waals surface area (Å²) in [6, 6.07) is 7.96. The summed E-state index contributed by atoms with van der Waals surface area (Å²) in [6.45, 7) is 8.98. The van der Waals surface area contributed by atoms with E-state index < -0.39 is 0 Å². The zero-order chi connectivity index (χ0) is 19.6. The number of imidazole rings is 1. The molecule has 0 fully saturated rings. The number of amides is 2. The number of hydrogen-bond donors (Lipinski definition) is 2. The maximum atomic E-state index is 12.8. The molecule has 27 heavy (non-hydrogen) atoms. The molecule has 0 unspecified atom stereocenters. The Labute approximate surface area is 160 Å². The minimum Gasteiger partial charge on any atom is -0.347 e. The van der Waals surface area contributed by atoms with Gasteiger partial charge in [0.2, 0.25) is 0 Å². The van der Waals surface area contributed by atoms with Gasteiger partial charge in [-0.1, -0.05) is 24.3 Å². The molecule has 2 N–H and O–H groups in total. The van der Waals surface area contributed by atoms with E-state index in [1.807, 2.05) is 56.5 Å². The molecule has 0 spiro atoms. The Balaban J connectivity index is 1.83. The first-order valence-corrected chi connectivity index (χ1v) is 9.51. The van der Waals surface area contributed by atoms with Gasteiger partial charge in [-0.2, -0.15) is 0 Å². The van der Waals surface area contributed by atoms with E-state index in [2.05, 4.69) is 15.6 Å². The first-order chi connectivity index (χ1) is 12.8. The molecule has 2 aromatic rings. The second kappa shape index (κ2) is 7.55. The summed E-state index contributed by atoms with van der Waals surface area (Å²) in [7, 11) is 0. The van der Waals surface area contributed by atoms with E-state index in [0.29, 0.717) is 18.1 Å². The number of fused-ring (bicyclic) bond motifs is 1. The standard InChI is InChI=1S/C21H28N4O2/c1-14-9-5-6-10-15(14)13-22-19(26)17-16-11-7-8-12-25(16)18(23-17)20(27)24-21(2,3)4/h5-6,9-10H,7-8,11-13H2,1-4H3,(H,22,26)(H,24,27). The van der Waals surface area contributed by atoms with Crippen LogP contribution in [0.4, 0.5) is 0 Å². The van der Waals surface area contributed by atoms with Crippen LogP contribution in [0.15, 0.2) is 24.3 Å². The topological polar surface area (TPSA) is 76.0 Å². The smallest absolute Gasteiger partial charge is 0.287 e. The number of benzene rings is 1. The van der Waals surface area contributed by atoms with Crippen molar-refractivity contribution >= 4 is 11.8 Å². The summed E-state index contributed by atoms with van der Waals surface area (Å²) in [5, 5.41) is 5.91. The number of carbonyl (C=O) groups excluding carboxylic acids is 2. The Kier molecular flexibility index (Phi) is 5.35. The second-order valence-electron chi connectivity index (χ2n) is 8.15. The van der Waals surface area contributed by atoms with Crippen molar-refractivity contribution in [3.8, 4) is 0 Å². The largest absolute Gasteiger partial charge is 0.347 e. The highest BCUT2D eigenvalue weighted by Crippen LogP contribution is 2.22. The molecule has 0 saturated carbocycles. The van der Waals surface area contributed by atoms with E-state index in [9.17, 15) is 9.59 Å². The van der Waals surface area contributed by atoms with Crippen molar-refractivity contribution < 1.29 is 9.59 Å². The predicted molar refractivity (Wildman–Crippen MR) is 105 cm³/mol. The predicted octanol–water partition coefficient (Wildman–Crippen LogP) is 2.99. The van der Waals surface area contributed by atoms with Crippen LogP contribution < -0.4 is 10.6 Å². The Morgan fingerprint density at radius 3 is 2.59 bits per heavy atom. The summed E-state index contributed by atoms with van der Waals surface area (Å²) in [5.41, 5.74) is 3.09. The van der Waals surface area contributed by atoms with Crippen LogP contribution in [0.1, 0.15) is 71.5 Å². The van der Waals surface area contributed by atoms with Gasteiger partial charge in [-0.3, -0.25) is 9.59 Å². The molecule has 1 aliphatic heterocycles. The van der Waals surface area contributed by atoms with Gasteiger partial charge in [0, 0.05) is 18.6 Å². The Morgan fingerprint density at radius 2 is 1.89 bits per heavy atom. The van der Waals surface area contributed by atoms with Crippen LogP contribution in [0, 0.1) is 6.92 Å². The molecule has 0 aliphatic carbocycles. The highest BCUT2D eigenvalue weighted by molar-refractivity contribution is 5.97. The number of aromatic nitrogens is 2. The Bertz CT molecular complexity index is 862. The van der Waals surface area contributed by atoms with Gasteiger partial charge in [0.1, 0.15) is 5.69 Å². The highest BCUT2D eigenvalue weighted by atomic mass is 16.2. The second-order valence-corrected chi connectivity index (χ2v) is 8.15. The third kappa shape index (κ3) is 4.38. The maximum Gasteiger partial charge on any atom is 0.287 e. The van der Waals surface area contributed by atoms with Gasteiger partial charge in [-0.15, -0.1) is 0 Å². The van der Waals surface area contributed by atoms with E-state index in [1.165, 1.54) is 0 Å². The molecule has 0 atom stereocenters. The molecule has 1 aromatic heterocycles. The van der Waals surface area contributed by atoms with Crippen molar-refractivity contribution in [2.45, 2.75) is 65.6 Å². The monoisotopic (exact) mass is 368 g/mol. The van der Waals surface area contributed by atoms with E-state index in [1.54, 1.807) is 0 Å². The lowest BCUT2D eigenvalue weighted by molar-refractivity contribution is 0.0903. The van der Waals surface area contributed by atoms with Crippen LogP contribution in [0.25, 0.3) is 0 Å². The van der Waals surface area contributed by atoms with Crippen LogP contribution in [0.3, 0.4) is 0 Å². The zero-order valence-electron chi connectivity index (χ0n) is 16.6. The van der Waals surface area contributed by atoms with Gasteiger partial charge in [-0.25, -0.2) is 4.98 Å². The lowest BCUT2D eigenvalue weighted by Gasteiger charge is -2.22.